The zero-order valence-corrected chi connectivity index (χ0v) is 28.8. The highest BCUT2D eigenvalue weighted by Crippen LogP contribution is 2.61. The maximum atomic E-state index is 15.3. The van der Waals surface area contributed by atoms with E-state index in [1.54, 1.807) is 0 Å². The Bertz CT molecular complexity index is 1820. The Hall–Kier alpha value is -4.46. The van der Waals surface area contributed by atoms with Crippen molar-refractivity contribution in [2.75, 3.05) is 0 Å². The van der Waals surface area contributed by atoms with Gasteiger partial charge in [-0.25, -0.2) is 0 Å². The molecule has 312 valence electrons. The van der Waals surface area contributed by atoms with Crippen molar-refractivity contribution in [1.29, 1.82) is 0 Å². The number of rotatable bonds is 10. The molecule has 57 heavy (non-hydrogen) atoms. The summed E-state index contributed by atoms with van der Waals surface area (Å²) in [5, 5.41) is 0. The lowest BCUT2D eigenvalue weighted by Gasteiger charge is -2.42. The van der Waals surface area contributed by atoms with Gasteiger partial charge < -0.3 is 9.47 Å². The molecule has 0 aliphatic carbocycles. The van der Waals surface area contributed by atoms with Crippen LogP contribution in [-0.4, -0.2) is 37.1 Å². The highest BCUT2D eigenvalue weighted by Gasteiger charge is 2.77. The third kappa shape index (κ3) is 7.78. The molecule has 0 atom stereocenters. The van der Waals surface area contributed by atoms with Gasteiger partial charge in [-0.05, 0) is 47.2 Å². The maximum Gasteiger partial charge on any atom is 0.430 e. The van der Waals surface area contributed by atoms with Crippen LogP contribution in [0.25, 0.3) is 0 Å². The van der Waals surface area contributed by atoms with Crippen LogP contribution in [0, 0.1) is 13.8 Å². The standard InChI is InChI=1S/C37H26F18O2/c1-21-13-15-25(17-27(21)30(34(44,45)46,35(47,48)49)56-19-23-9-5-3-6-10-23)29(32(38,39)40,33(41,42)43)26-16-14-22(2)28(18-26)31(36(50,51)52,37(53,54)55)57-20-24-11-7-4-8-12-24/h3-18H,19-20H2,1-2H3. The molecule has 0 spiro atoms. The van der Waals surface area contributed by atoms with Crippen LogP contribution in [0.15, 0.2) is 97.1 Å². The third-order valence-electron chi connectivity index (χ3n) is 9.14. The minimum absolute atomic E-state index is 0.0167. The van der Waals surface area contributed by atoms with E-state index in [0.717, 1.165) is 48.5 Å². The molecule has 0 fully saturated rings. The number of hydrogen-bond donors (Lipinski definition) is 0. The summed E-state index contributed by atoms with van der Waals surface area (Å²) in [6, 6.07) is 9.27. The first-order valence-electron chi connectivity index (χ1n) is 15.9. The van der Waals surface area contributed by atoms with Crippen molar-refractivity contribution in [1.82, 2.24) is 0 Å². The monoisotopic (exact) mass is 844 g/mol. The topological polar surface area (TPSA) is 18.5 Å². The van der Waals surface area contributed by atoms with Gasteiger partial charge in [-0.3, -0.25) is 0 Å². The van der Waals surface area contributed by atoms with Gasteiger partial charge in [0.15, 0.2) is 0 Å². The number of halogens is 18. The Morgan fingerprint density at radius 2 is 0.649 bits per heavy atom. The second-order valence-corrected chi connectivity index (χ2v) is 12.7. The molecular formula is C37H26F18O2. The number of aryl methyl sites for hydroxylation is 2. The molecule has 4 aromatic rings. The quantitative estimate of drug-likeness (QED) is 0.148. The first-order chi connectivity index (χ1) is 25.9. The summed E-state index contributed by atoms with van der Waals surface area (Å²) in [4.78, 5) is 0. The van der Waals surface area contributed by atoms with Crippen LogP contribution < -0.4 is 0 Å². The predicted octanol–water partition coefficient (Wildman–Crippen LogP) is 12.8. The van der Waals surface area contributed by atoms with Crippen LogP contribution in [0.5, 0.6) is 0 Å². The van der Waals surface area contributed by atoms with Crippen molar-refractivity contribution in [3.05, 3.63) is 142 Å². The first kappa shape index (κ1) is 45.2. The Balaban J connectivity index is 2.15. The molecule has 0 heterocycles. The van der Waals surface area contributed by atoms with Gasteiger partial charge >= 0.3 is 37.1 Å². The predicted molar refractivity (Wildman–Crippen MR) is 165 cm³/mol. The second kappa shape index (κ2) is 15.0. The van der Waals surface area contributed by atoms with Gasteiger partial charge in [-0.2, -0.15) is 79.0 Å². The lowest BCUT2D eigenvalue weighted by molar-refractivity contribution is -0.393. The highest BCUT2D eigenvalue weighted by atomic mass is 19.4. The summed E-state index contributed by atoms with van der Waals surface area (Å²) < 4.78 is 278. The van der Waals surface area contributed by atoms with E-state index in [4.69, 9.17) is 0 Å². The van der Waals surface area contributed by atoms with Crippen LogP contribution in [0.2, 0.25) is 0 Å². The lowest BCUT2D eigenvalue weighted by Crippen LogP contribution is -2.58. The van der Waals surface area contributed by atoms with Crippen LogP contribution in [0.1, 0.15) is 44.5 Å². The third-order valence-corrected chi connectivity index (χ3v) is 9.14. The van der Waals surface area contributed by atoms with Crippen molar-refractivity contribution < 1.29 is 88.5 Å². The van der Waals surface area contributed by atoms with Gasteiger partial charge in [0.25, 0.3) is 11.2 Å². The summed E-state index contributed by atoms with van der Waals surface area (Å²) in [5.74, 6) is 0. The molecule has 0 amide bonds. The minimum atomic E-state index is -6.95. The van der Waals surface area contributed by atoms with Gasteiger partial charge in [0.2, 0.25) is 5.41 Å². The molecule has 0 saturated carbocycles. The van der Waals surface area contributed by atoms with Crippen LogP contribution in [0.3, 0.4) is 0 Å². The number of hydrogen-bond acceptors (Lipinski definition) is 2. The molecule has 0 aliphatic rings. The summed E-state index contributed by atoms with van der Waals surface area (Å²) in [6.45, 7) is -2.19. The fourth-order valence-electron chi connectivity index (χ4n) is 6.40. The van der Waals surface area contributed by atoms with Crippen LogP contribution in [-0.2, 0) is 39.3 Å². The molecule has 0 bridgehead atoms. The maximum absolute atomic E-state index is 15.3. The van der Waals surface area contributed by atoms with E-state index in [1.807, 2.05) is 0 Å². The largest absolute Gasteiger partial charge is 0.430 e. The van der Waals surface area contributed by atoms with Crippen molar-refractivity contribution in [3.63, 3.8) is 0 Å². The molecule has 0 aliphatic heterocycles. The number of benzene rings is 4. The van der Waals surface area contributed by atoms with Gasteiger partial charge in [0.1, 0.15) is 0 Å². The summed E-state index contributed by atoms with van der Waals surface area (Å²) in [5.41, 5.74) is -30.0. The van der Waals surface area contributed by atoms with Gasteiger partial charge in [0, 0.05) is 11.1 Å². The van der Waals surface area contributed by atoms with Crippen molar-refractivity contribution in [2.45, 2.75) is 80.7 Å². The molecule has 0 radical (unpaired) electrons. The van der Waals surface area contributed by atoms with Crippen LogP contribution in [0.4, 0.5) is 79.0 Å². The van der Waals surface area contributed by atoms with E-state index in [1.165, 1.54) is 12.1 Å². The fourth-order valence-corrected chi connectivity index (χ4v) is 6.40. The molecule has 0 unspecified atom stereocenters. The van der Waals surface area contributed by atoms with Gasteiger partial charge in [-0.1, -0.05) is 97.1 Å². The number of alkyl halides is 18. The Labute approximate surface area is 311 Å². The number of ether oxygens (including phenoxy) is 2. The molecule has 20 heteroatoms. The molecule has 2 nitrogen and oxygen atoms in total. The summed E-state index contributed by atoms with van der Waals surface area (Å²) in [7, 11) is 0. The zero-order valence-electron chi connectivity index (χ0n) is 28.8. The summed E-state index contributed by atoms with van der Waals surface area (Å²) >= 11 is 0. The Morgan fingerprint density at radius 3 is 0.895 bits per heavy atom. The highest BCUT2D eigenvalue weighted by molar-refractivity contribution is 5.52. The molecular weight excluding hydrogens is 818 g/mol. The zero-order chi connectivity index (χ0) is 43.3. The normalized spacial score (nSPS) is 14.2. The smallest absolute Gasteiger partial charge is 0.349 e. The first-order valence-corrected chi connectivity index (χ1v) is 15.9. The van der Waals surface area contributed by atoms with Crippen molar-refractivity contribution in [2.24, 2.45) is 0 Å². The molecule has 4 aromatic carbocycles. The van der Waals surface area contributed by atoms with Gasteiger partial charge in [-0.15, -0.1) is 0 Å². The second-order valence-electron chi connectivity index (χ2n) is 12.7. The van der Waals surface area contributed by atoms with E-state index < -0.39 is 112 Å². The molecule has 0 N–H and O–H groups in total. The molecule has 0 aromatic heterocycles. The van der Waals surface area contributed by atoms with Crippen LogP contribution >= 0.6 is 0 Å². The SMILES string of the molecule is Cc1ccc(C(c2ccc(C)c(C(OCc3ccccc3)(C(F)(F)F)C(F)(F)F)c2)(C(F)(F)F)C(F)(F)F)cc1C(OCc1ccccc1)(C(F)(F)F)C(F)(F)F. The van der Waals surface area contributed by atoms with E-state index in [-0.39, 0.29) is 35.4 Å². The van der Waals surface area contributed by atoms with E-state index in [9.17, 15) is 52.7 Å². The average Bonchev–Trinajstić information content (AvgIpc) is 3.05. The summed E-state index contributed by atoms with van der Waals surface area (Å²) in [6.07, 6.45) is -40.6. The Morgan fingerprint density at radius 1 is 0.368 bits per heavy atom. The fraction of sp³-hybridized carbons (Fsp3) is 0.351. The van der Waals surface area contributed by atoms with Crippen molar-refractivity contribution >= 4 is 0 Å². The molecule has 0 saturated heterocycles. The van der Waals surface area contributed by atoms with Crippen molar-refractivity contribution in [3.8, 4) is 0 Å². The van der Waals surface area contributed by atoms with Gasteiger partial charge in [0.05, 0.1) is 13.2 Å². The average molecular weight is 845 g/mol. The lowest BCUT2D eigenvalue weighted by atomic mass is 9.70. The van der Waals surface area contributed by atoms with E-state index in [0.29, 0.717) is 13.8 Å². The minimum Gasteiger partial charge on any atom is -0.349 e. The molecule has 4 rings (SSSR count). The Kier molecular flexibility index (Phi) is 11.9. The van der Waals surface area contributed by atoms with E-state index in [2.05, 4.69) is 9.47 Å². The van der Waals surface area contributed by atoms with E-state index >= 15 is 26.3 Å².